The third-order valence-corrected chi connectivity index (χ3v) is 3.46. The highest BCUT2D eigenvalue weighted by Gasteiger charge is 2.15. The summed E-state index contributed by atoms with van der Waals surface area (Å²) in [6, 6.07) is 19.4. The molecular formula is C17H16. The van der Waals surface area contributed by atoms with Crippen molar-refractivity contribution in [2.45, 2.75) is 19.8 Å². The number of allylic oxidation sites excluding steroid dienone is 2. The average molecular weight is 220 g/mol. The van der Waals surface area contributed by atoms with Crippen molar-refractivity contribution < 1.29 is 0 Å². The van der Waals surface area contributed by atoms with Crippen LogP contribution in [0.5, 0.6) is 0 Å². The number of benzene rings is 2. The summed E-state index contributed by atoms with van der Waals surface area (Å²) in [5, 5.41) is 0. The molecule has 1 aliphatic rings. The molecule has 0 amide bonds. The molecule has 0 N–H and O–H groups in total. The summed E-state index contributed by atoms with van der Waals surface area (Å²) < 4.78 is 0. The van der Waals surface area contributed by atoms with Gasteiger partial charge < -0.3 is 0 Å². The molecule has 1 fully saturated rings. The smallest absolute Gasteiger partial charge is 0.0184 e. The molecule has 0 spiro atoms. The van der Waals surface area contributed by atoms with Crippen molar-refractivity contribution in [1.82, 2.24) is 0 Å². The van der Waals surface area contributed by atoms with Crippen LogP contribution in [0, 0.1) is 0 Å². The summed E-state index contributed by atoms with van der Waals surface area (Å²) in [5.74, 6) is 0. The Morgan fingerprint density at radius 2 is 1.35 bits per heavy atom. The largest absolute Gasteiger partial charge is 0.0661 e. The van der Waals surface area contributed by atoms with E-state index in [-0.39, 0.29) is 0 Å². The Labute approximate surface area is 103 Å². The zero-order chi connectivity index (χ0) is 11.7. The van der Waals surface area contributed by atoms with Gasteiger partial charge in [0, 0.05) is 0 Å². The first-order valence-electron chi connectivity index (χ1n) is 6.19. The van der Waals surface area contributed by atoms with Crippen molar-refractivity contribution in [3.05, 3.63) is 65.7 Å². The standard InChI is InChI=1S/C17H16/c1-13(14-7-8-14)15-9-11-17(12-10-15)16-5-3-2-4-6-16/h2-6,9-12H,7-8H2,1H3. The molecule has 0 nitrogen and oxygen atoms in total. The van der Waals surface area contributed by atoms with E-state index in [0.29, 0.717) is 0 Å². The summed E-state index contributed by atoms with van der Waals surface area (Å²) >= 11 is 0. The molecule has 0 unspecified atom stereocenters. The number of hydrogen-bond acceptors (Lipinski definition) is 0. The quantitative estimate of drug-likeness (QED) is 0.673. The summed E-state index contributed by atoms with van der Waals surface area (Å²) in [6.07, 6.45) is 2.60. The molecule has 17 heavy (non-hydrogen) atoms. The van der Waals surface area contributed by atoms with Crippen LogP contribution in [0.3, 0.4) is 0 Å². The van der Waals surface area contributed by atoms with Gasteiger partial charge in [-0.25, -0.2) is 0 Å². The Bertz CT molecular complexity index is 538. The summed E-state index contributed by atoms with van der Waals surface area (Å²) in [7, 11) is 0. The fraction of sp³-hybridized carbons (Fsp3) is 0.176. The lowest BCUT2D eigenvalue weighted by atomic mass is 10.0. The van der Waals surface area contributed by atoms with Gasteiger partial charge in [-0.2, -0.15) is 0 Å². The van der Waals surface area contributed by atoms with E-state index < -0.39 is 0 Å². The van der Waals surface area contributed by atoms with Crippen LogP contribution in [0.2, 0.25) is 0 Å². The number of hydrogen-bond donors (Lipinski definition) is 0. The van der Waals surface area contributed by atoms with Crippen LogP contribution in [-0.4, -0.2) is 0 Å². The van der Waals surface area contributed by atoms with Gasteiger partial charge in [0.2, 0.25) is 0 Å². The highest BCUT2D eigenvalue weighted by Crippen LogP contribution is 2.36. The molecule has 0 saturated heterocycles. The molecule has 0 radical (unpaired) electrons. The maximum absolute atomic E-state index is 2.24. The Morgan fingerprint density at radius 3 is 1.94 bits per heavy atom. The molecule has 3 rings (SSSR count). The predicted octanol–water partition coefficient (Wildman–Crippen LogP) is 4.92. The third-order valence-electron chi connectivity index (χ3n) is 3.46. The maximum atomic E-state index is 2.24. The third kappa shape index (κ3) is 2.16. The molecule has 84 valence electrons. The molecular weight excluding hydrogens is 204 g/mol. The van der Waals surface area contributed by atoms with E-state index in [0.717, 1.165) is 0 Å². The topological polar surface area (TPSA) is 0 Å². The van der Waals surface area contributed by atoms with Crippen LogP contribution in [0.1, 0.15) is 25.3 Å². The lowest BCUT2D eigenvalue weighted by Gasteiger charge is -2.04. The lowest BCUT2D eigenvalue weighted by molar-refractivity contribution is 1.50. The van der Waals surface area contributed by atoms with E-state index in [1.54, 1.807) is 5.57 Å². The molecule has 1 aliphatic carbocycles. The molecule has 0 bridgehead atoms. The van der Waals surface area contributed by atoms with E-state index in [1.807, 2.05) is 0 Å². The predicted molar refractivity (Wildman–Crippen MR) is 73.7 cm³/mol. The fourth-order valence-corrected chi connectivity index (χ4v) is 2.18. The van der Waals surface area contributed by atoms with Crippen LogP contribution in [0.15, 0.2) is 60.2 Å². The van der Waals surface area contributed by atoms with Gasteiger partial charge in [0.15, 0.2) is 0 Å². The summed E-state index contributed by atoms with van der Waals surface area (Å²) in [5.41, 5.74) is 7.05. The minimum absolute atomic E-state index is 1.29. The van der Waals surface area contributed by atoms with E-state index in [9.17, 15) is 0 Å². The van der Waals surface area contributed by atoms with Crippen LogP contribution >= 0.6 is 0 Å². The molecule has 0 heteroatoms. The summed E-state index contributed by atoms with van der Waals surface area (Å²) in [6.45, 7) is 2.24. The lowest BCUT2D eigenvalue weighted by Crippen LogP contribution is -1.81. The zero-order valence-corrected chi connectivity index (χ0v) is 10.1. The first-order chi connectivity index (χ1) is 8.34. The molecule has 0 atom stereocenters. The van der Waals surface area contributed by atoms with Crippen LogP contribution in [0.4, 0.5) is 0 Å². The molecule has 0 heterocycles. The minimum atomic E-state index is 1.29. The normalized spacial score (nSPS) is 13.6. The van der Waals surface area contributed by atoms with E-state index in [2.05, 4.69) is 61.5 Å². The van der Waals surface area contributed by atoms with Crippen molar-refractivity contribution in [2.75, 3.05) is 0 Å². The van der Waals surface area contributed by atoms with Gasteiger partial charge in [-0.05, 0) is 42.0 Å². The van der Waals surface area contributed by atoms with Crippen molar-refractivity contribution >= 4 is 5.57 Å². The van der Waals surface area contributed by atoms with E-state index in [4.69, 9.17) is 0 Å². The Kier molecular flexibility index (Phi) is 2.56. The average Bonchev–Trinajstić information content (AvgIpc) is 3.24. The molecule has 0 aromatic heterocycles. The SMILES string of the molecule is CC(=C1CC1)c1ccc(-c2ccccc2)cc1. The van der Waals surface area contributed by atoms with Gasteiger partial charge in [-0.1, -0.05) is 60.2 Å². The highest BCUT2D eigenvalue weighted by molar-refractivity contribution is 5.72. The van der Waals surface area contributed by atoms with Crippen molar-refractivity contribution in [3.63, 3.8) is 0 Å². The first kappa shape index (κ1) is 10.3. The number of rotatable bonds is 2. The summed E-state index contributed by atoms with van der Waals surface area (Å²) in [4.78, 5) is 0. The van der Waals surface area contributed by atoms with Gasteiger partial charge in [-0.3, -0.25) is 0 Å². The minimum Gasteiger partial charge on any atom is -0.0661 e. The van der Waals surface area contributed by atoms with E-state index >= 15 is 0 Å². The molecule has 2 aromatic carbocycles. The van der Waals surface area contributed by atoms with E-state index in [1.165, 1.54) is 35.1 Å². The Balaban J connectivity index is 1.93. The Morgan fingerprint density at radius 1 is 0.765 bits per heavy atom. The zero-order valence-electron chi connectivity index (χ0n) is 10.1. The maximum Gasteiger partial charge on any atom is -0.0184 e. The second-order valence-corrected chi connectivity index (χ2v) is 4.67. The van der Waals surface area contributed by atoms with Crippen LogP contribution < -0.4 is 0 Å². The molecule has 2 aromatic rings. The monoisotopic (exact) mass is 220 g/mol. The van der Waals surface area contributed by atoms with Gasteiger partial charge in [0.1, 0.15) is 0 Å². The molecule has 1 saturated carbocycles. The van der Waals surface area contributed by atoms with Gasteiger partial charge in [0.05, 0.1) is 0 Å². The van der Waals surface area contributed by atoms with Gasteiger partial charge in [-0.15, -0.1) is 0 Å². The molecule has 0 aliphatic heterocycles. The Hall–Kier alpha value is -1.82. The van der Waals surface area contributed by atoms with Gasteiger partial charge in [0.25, 0.3) is 0 Å². The second-order valence-electron chi connectivity index (χ2n) is 4.67. The highest BCUT2D eigenvalue weighted by atomic mass is 14.2. The second kappa shape index (κ2) is 4.21. The van der Waals surface area contributed by atoms with Crippen molar-refractivity contribution in [3.8, 4) is 11.1 Å². The van der Waals surface area contributed by atoms with Crippen molar-refractivity contribution in [1.29, 1.82) is 0 Å². The van der Waals surface area contributed by atoms with Crippen LogP contribution in [-0.2, 0) is 0 Å². The van der Waals surface area contributed by atoms with Gasteiger partial charge >= 0.3 is 0 Å². The fourth-order valence-electron chi connectivity index (χ4n) is 2.18. The van der Waals surface area contributed by atoms with Crippen LogP contribution in [0.25, 0.3) is 16.7 Å². The van der Waals surface area contributed by atoms with Crippen molar-refractivity contribution in [2.24, 2.45) is 0 Å². The first-order valence-corrected chi connectivity index (χ1v) is 6.19.